The van der Waals surface area contributed by atoms with E-state index in [1.54, 1.807) is 24.3 Å². The number of aromatic nitrogens is 2. The second-order valence-electron chi connectivity index (χ2n) is 9.96. The first-order valence-electron chi connectivity index (χ1n) is 12.3. The molecule has 0 aliphatic carbocycles. The van der Waals surface area contributed by atoms with Gasteiger partial charge in [0.15, 0.2) is 0 Å². The Balaban J connectivity index is 1.88. The highest BCUT2D eigenvalue weighted by Crippen LogP contribution is 2.30. The second-order valence-corrected chi connectivity index (χ2v) is 9.96. The fourth-order valence-corrected chi connectivity index (χ4v) is 4.14. The highest BCUT2D eigenvalue weighted by Gasteiger charge is 2.33. The first-order chi connectivity index (χ1) is 18.3. The number of nitrogens with one attached hydrogen (secondary N) is 2. The number of rotatable bonds is 11. The molecule has 1 heterocycles. The van der Waals surface area contributed by atoms with Crippen LogP contribution in [0.4, 0.5) is 17.6 Å². The van der Waals surface area contributed by atoms with Gasteiger partial charge in [-0.15, -0.1) is 0 Å². The molecule has 0 spiro atoms. The van der Waals surface area contributed by atoms with Crippen LogP contribution in [0, 0.1) is 5.92 Å². The number of hydrogen-bond donors (Lipinski definition) is 4. The first kappa shape index (κ1) is 29.9. The van der Waals surface area contributed by atoms with Gasteiger partial charge < -0.3 is 10.4 Å². The van der Waals surface area contributed by atoms with Crippen LogP contribution in [-0.2, 0) is 17.4 Å². The molecule has 3 unspecified atom stereocenters. The summed E-state index contributed by atoms with van der Waals surface area (Å²) in [6.45, 7) is 2.64. The zero-order chi connectivity index (χ0) is 28.8. The summed E-state index contributed by atoms with van der Waals surface area (Å²) < 4.78 is 53.9. The molecule has 8 nitrogen and oxygen atoms in total. The average Bonchev–Trinajstić information content (AvgIpc) is 2.88. The topological polar surface area (TPSA) is 124 Å². The van der Waals surface area contributed by atoms with Crippen LogP contribution in [0.1, 0.15) is 54.7 Å². The summed E-state index contributed by atoms with van der Waals surface area (Å²) in [4.78, 5) is 33.8. The van der Waals surface area contributed by atoms with Gasteiger partial charge in [0.1, 0.15) is 11.4 Å². The number of hydroxylamine groups is 1. The minimum Gasteiger partial charge on any atom is -0.391 e. The van der Waals surface area contributed by atoms with E-state index in [4.69, 9.17) is 5.21 Å². The Kier molecular flexibility index (Phi) is 9.57. The molecular formula is C27H30F4N4O4. The lowest BCUT2D eigenvalue weighted by Crippen LogP contribution is -2.47. The summed E-state index contributed by atoms with van der Waals surface area (Å²) in [6.07, 6.45) is -5.45. The lowest BCUT2D eigenvalue weighted by Gasteiger charge is -2.28. The van der Waals surface area contributed by atoms with Crippen molar-refractivity contribution in [2.75, 3.05) is 0 Å². The maximum atomic E-state index is 14.1. The van der Waals surface area contributed by atoms with E-state index in [2.05, 4.69) is 15.3 Å². The van der Waals surface area contributed by atoms with Gasteiger partial charge >= 0.3 is 6.18 Å². The zero-order valence-electron chi connectivity index (χ0n) is 21.4. The largest absolute Gasteiger partial charge is 0.416 e. The number of carbonyl (C=O) groups is 2. The van der Waals surface area contributed by atoms with Crippen molar-refractivity contribution >= 4 is 22.8 Å². The summed E-state index contributed by atoms with van der Waals surface area (Å²) in [6, 6.07) is 10.1. The van der Waals surface area contributed by atoms with Gasteiger partial charge in [0.2, 0.25) is 5.91 Å². The monoisotopic (exact) mass is 550 g/mol. The Bertz CT molecular complexity index is 1300. The second kappa shape index (κ2) is 12.5. The van der Waals surface area contributed by atoms with Gasteiger partial charge in [-0.2, -0.15) is 13.2 Å². The average molecular weight is 551 g/mol. The zero-order valence-corrected chi connectivity index (χ0v) is 21.4. The smallest absolute Gasteiger partial charge is 0.391 e. The first-order valence-corrected chi connectivity index (χ1v) is 12.3. The summed E-state index contributed by atoms with van der Waals surface area (Å²) >= 11 is 0. The third-order valence-electron chi connectivity index (χ3n) is 6.27. The van der Waals surface area contributed by atoms with E-state index in [0.29, 0.717) is 11.0 Å². The molecule has 2 amide bonds. The molecule has 0 bridgehead atoms. The van der Waals surface area contributed by atoms with Crippen LogP contribution in [0.25, 0.3) is 11.0 Å². The van der Waals surface area contributed by atoms with E-state index in [1.165, 1.54) is 37.7 Å². The predicted molar refractivity (Wildman–Crippen MR) is 134 cm³/mol. The van der Waals surface area contributed by atoms with Gasteiger partial charge in [-0.1, -0.05) is 30.3 Å². The van der Waals surface area contributed by atoms with Crippen LogP contribution >= 0.6 is 0 Å². The van der Waals surface area contributed by atoms with Crippen LogP contribution in [0.2, 0.25) is 0 Å². The number of alkyl halides is 4. The number of aliphatic hydroxyl groups excluding tert-OH is 1. The molecule has 0 aliphatic rings. The van der Waals surface area contributed by atoms with E-state index in [1.807, 2.05) is 0 Å². The number of halogens is 4. The van der Waals surface area contributed by atoms with E-state index < -0.39 is 47.3 Å². The van der Waals surface area contributed by atoms with Crippen molar-refractivity contribution in [3.63, 3.8) is 0 Å². The van der Waals surface area contributed by atoms with Crippen molar-refractivity contribution in [3.8, 4) is 0 Å². The molecule has 12 heteroatoms. The molecule has 0 radical (unpaired) electrons. The van der Waals surface area contributed by atoms with Crippen molar-refractivity contribution < 1.29 is 37.5 Å². The Morgan fingerprint density at radius 3 is 2.36 bits per heavy atom. The standard InChI is InChI=1S/C27H30F4N4O4/c1-26(2,28)11-10-17(24(37)35-39)14-23(36)21(13-16-6-5-7-18(12-16)27(29,30)31)34-25(38)22-15-32-19-8-3-4-9-20(19)33-22/h3-9,12,15,17,21,23,36,39H,10-11,13-14H2,1-2H3,(H,34,38)(H,35,37). The van der Waals surface area contributed by atoms with Gasteiger partial charge in [0, 0.05) is 5.92 Å². The van der Waals surface area contributed by atoms with Crippen LogP contribution < -0.4 is 10.8 Å². The number of nitrogens with zero attached hydrogens (tertiary/aromatic N) is 2. The third kappa shape index (κ3) is 8.69. The Morgan fingerprint density at radius 1 is 1.03 bits per heavy atom. The number of hydrogen-bond acceptors (Lipinski definition) is 6. The van der Waals surface area contributed by atoms with E-state index >= 15 is 0 Å². The van der Waals surface area contributed by atoms with Gasteiger partial charge in [-0.3, -0.25) is 19.8 Å². The molecule has 2 aromatic carbocycles. The molecule has 3 aromatic rings. The number of aliphatic hydroxyl groups is 1. The lowest BCUT2D eigenvalue weighted by atomic mass is 9.87. The third-order valence-corrected chi connectivity index (χ3v) is 6.27. The van der Waals surface area contributed by atoms with E-state index in [0.717, 1.165) is 12.1 Å². The Hall–Kier alpha value is -3.64. The molecule has 39 heavy (non-hydrogen) atoms. The number of amides is 2. The normalized spacial score (nSPS) is 14.5. The number of para-hydroxylation sites is 2. The van der Waals surface area contributed by atoms with Gasteiger partial charge in [0.05, 0.1) is 34.9 Å². The summed E-state index contributed by atoms with van der Waals surface area (Å²) in [5.74, 6) is -2.64. The van der Waals surface area contributed by atoms with Gasteiger partial charge in [-0.05, 0) is 63.3 Å². The maximum Gasteiger partial charge on any atom is 0.416 e. The molecule has 0 saturated carbocycles. The summed E-state index contributed by atoms with van der Waals surface area (Å²) in [7, 11) is 0. The van der Waals surface area contributed by atoms with Crippen molar-refractivity contribution in [3.05, 3.63) is 71.5 Å². The van der Waals surface area contributed by atoms with E-state index in [9.17, 15) is 32.3 Å². The molecule has 3 rings (SSSR count). The number of benzene rings is 2. The predicted octanol–water partition coefficient (Wildman–Crippen LogP) is 4.39. The minimum atomic E-state index is -4.60. The highest BCUT2D eigenvalue weighted by atomic mass is 19.4. The van der Waals surface area contributed by atoms with Crippen LogP contribution in [-0.4, -0.2) is 49.9 Å². The van der Waals surface area contributed by atoms with Crippen molar-refractivity contribution in [2.45, 2.75) is 63.5 Å². The quantitative estimate of drug-likeness (QED) is 0.160. The number of fused-ring (bicyclic) bond motifs is 1. The van der Waals surface area contributed by atoms with Gasteiger partial charge in [-0.25, -0.2) is 14.9 Å². The Labute approximate surface area is 222 Å². The number of carbonyl (C=O) groups excluding carboxylic acids is 2. The molecule has 1 aromatic heterocycles. The van der Waals surface area contributed by atoms with Crippen LogP contribution in [0.15, 0.2) is 54.7 Å². The summed E-state index contributed by atoms with van der Waals surface area (Å²) in [5, 5.41) is 22.8. The van der Waals surface area contributed by atoms with Crippen molar-refractivity contribution in [1.82, 2.24) is 20.8 Å². The van der Waals surface area contributed by atoms with Crippen LogP contribution in [0.5, 0.6) is 0 Å². The molecular weight excluding hydrogens is 520 g/mol. The molecule has 0 aliphatic heterocycles. The maximum absolute atomic E-state index is 14.1. The highest BCUT2D eigenvalue weighted by molar-refractivity contribution is 5.94. The summed E-state index contributed by atoms with van der Waals surface area (Å²) in [5.41, 5.74) is 0.0457. The fraction of sp³-hybridized carbons (Fsp3) is 0.407. The SMILES string of the molecule is CC(C)(F)CCC(CC(O)C(Cc1cccc(C(F)(F)F)c1)NC(=O)c1cnc2ccccc2n1)C(=O)NO. The molecule has 3 atom stereocenters. The minimum absolute atomic E-state index is 0.0344. The lowest BCUT2D eigenvalue weighted by molar-refractivity contribution is -0.137. The van der Waals surface area contributed by atoms with Crippen molar-refractivity contribution in [1.29, 1.82) is 0 Å². The fourth-order valence-electron chi connectivity index (χ4n) is 4.14. The Morgan fingerprint density at radius 2 is 1.72 bits per heavy atom. The molecule has 0 fully saturated rings. The van der Waals surface area contributed by atoms with Crippen LogP contribution in [0.3, 0.4) is 0 Å². The van der Waals surface area contributed by atoms with Crippen molar-refractivity contribution in [2.24, 2.45) is 5.92 Å². The van der Waals surface area contributed by atoms with E-state index in [-0.39, 0.29) is 36.9 Å². The molecule has 0 saturated heterocycles. The molecule has 4 N–H and O–H groups in total. The van der Waals surface area contributed by atoms with Gasteiger partial charge in [0.25, 0.3) is 5.91 Å². The molecule has 210 valence electrons.